The molecule has 0 bridgehead atoms. The molecule has 0 radical (unpaired) electrons. The topological polar surface area (TPSA) is 55.7 Å². The molecule has 0 aromatic rings. The van der Waals surface area contributed by atoms with Crippen molar-refractivity contribution < 1.29 is 10.2 Å². The van der Waals surface area contributed by atoms with E-state index >= 15 is 0 Å². The SMILES string of the molecule is OC1CCN(CC2(O)CCCNC2)C1. The van der Waals surface area contributed by atoms with Crippen molar-refractivity contribution in [3.05, 3.63) is 0 Å². The average Bonchev–Trinajstić information content (AvgIpc) is 2.51. The van der Waals surface area contributed by atoms with Crippen molar-refractivity contribution in [3.63, 3.8) is 0 Å². The van der Waals surface area contributed by atoms with Crippen LogP contribution in [0.25, 0.3) is 0 Å². The number of nitrogens with zero attached hydrogens (tertiary/aromatic N) is 1. The summed E-state index contributed by atoms with van der Waals surface area (Å²) in [4.78, 5) is 2.16. The van der Waals surface area contributed by atoms with E-state index in [2.05, 4.69) is 10.2 Å². The van der Waals surface area contributed by atoms with Gasteiger partial charge in [-0.15, -0.1) is 0 Å². The second-order valence-electron chi connectivity index (χ2n) is 4.68. The summed E-state index contributed by atoms with van der Waals surface area (Å²) in [7, 11) is 0. The minimum atomic E-state index is -0.567. The van der Waals surface area contributed by atoms with E-state index in [1.807, 2.05) is 0 Å². The fourth-order valence-corrected chi connectivity index (χ4v) is 2.46. The summed E-state index contributed by atoms with van der Waals surface area (Å²) in [6.45, 7) is 4.06. The standard InChI is InChI=1S/C10H20N2O2/c13-9-2-5-12(6-9)8-10(14)3-1-4-11-7-10/h9,11,13-14H,1-8H2. The predicted molar refractivity (Wildman–Crippen MR) is 54.1 cm³/mol. The van der Waals surface area contributed by atoms with Gasteiger partial charge < -0.3 is 15.5 Å². The van der Waals surface area contributed by atoms with Gasteiger partial charge in [-0.3, -0.25) is 4.90 Å². The zero-order chi connectivity index (χ0) is 10.0. The summed E-state index contributed by atoms with van der Waals surface area (Å²) < 4.78 is 0. The van der Waals surface area contributed by atoms with Crippen molar-refractivity contribution >= 4 is 0 Å². The number of nitrogens with one attached hydrogen (secondary N) is 1. The van der Waals surface area contributed by atoms with Gasteiger partial charge in [-0.25, -0.2) is 0 Å². The van der Waals surface area contributed by atoms with Crippen LogP contribution in [-0.2, 0) is 0 Å². The van der Waals surface area contributed by atoms with E-state index in [0.29, 0.717) is 13.1 Å². The maximum Gasteiger partial charge on any atom is 0.0898 e. The molecule has 4 nitrogen and oxygen atoms in total. The van der Waals surface area contributed by atoms with Crippen LogP contribution in [0.5, 0.6) is 0 Å². The first kappa shape index (κ1) is 10.4. The predicted octanol–water partition coefficient (Wildman–Crippen LogP) is -0.832. The monoisotopic (exact) mass is 200 g/mol. The first-order valence-electron chi connectivity index (χ1n) is 5.51. The Bertz CT molecular complexity index is 193. The maximum atomic E-state index is 10.2. The van der Waals surface area contributed by atoms with E-state index in [1.165, 1.54) is 0 Å². The quantitative estimate of drug-likeness (QED) is 0.544. The van der Waals surface area contributed by atoms with Crippen LogP contribution in [0, 0.1) is 0 Å². The molecule has 0 aliphatic carbocycles. The molecule has 2 saturated heterocycles. The van der Waals surface area contributed by atoms with Gasteiger partial charge >= 0.3 is 0 Å². The highest BCUT2D eigenvalue weighted by molar-refractivity contribution is 4.90. The number of piperidine rings is 1. The Morgan fingerprint density at radius 1 is 1.50 bits per heavy atom. The minimum absolute atomic E-state index is 0.185. The molecule has 0 amide bonds. The number of rotatable bonds is 2. The van der Waals surface area contributed by atoms with Gasteiger partial charge in [-0.05, 0) is 25.8 Å². The fourth-order valence-electron chi connectivity index (χ4n) is 2.46. The van der Waals surface area contributed by atoms with Crippen LogP contribution in [0.2, 0.25) is 0 Å². The van der Waals surface area contributed by atoms with Gasteiger partial charge in [0.1, 0.15) is 0 Å². The Kier molecular flexibility index (Phi) is 3.07. The third kappa shape index (κ3) is 2.45. The molecule has 3 N–H and O–H groups in total. The number of hydrogen-bond acceptors (Lipinski definition) is 4. The van der Waals surface area contributed by atoms with Crippen molar-refractivity contribution in [2.45, 2.75) is 31.0 Å². The van der Waals surface area contributed by atoms with Gasteiger partial charge in [0.05, 0.1) is 11.7 Å². The molecule has 2 heterocycles. The van der Waals surface area contributed by atoms with Gasteiger partial charge in [0.15, 0.2) is 0 Å². The van der Waals surface area contributed by atoms with Crippen molar-refractivity contribution in [1.29, 1.82) is 0 Å². The van der Waals surface area contributed by atoms with Crippen LogP contribution >= 0.6 is 0 Å². The Labute approximate surface area is 84.9 Å². The molecule has 0 spiro atoms. The van der Waals surface area contributed by atoms with Gasteiger partial charge in [-0.1, -0.05) is 0 Å². The molecule has 0 saturated carbocycles. The Morgan fingerprint density at radius 3 is 2.93 bits per heavy atom. The molecular weight excluding hydrogens is 180 g/mol. The molecular formula is C10H20N2O2. The number of hydrogen-bond donors (Lipinski definition) is 3. The van der Waals surface area contributed by atoms with E-state index < -0.39 is 5.60 Å². The average molecular weight is 200 g/mol. The van der Waals surface area contributed by atoms with Crippen molar-refractivity contribution in [1.82, 2.24) is 10.2 Å². The van der Waals surface area contributed by atoms with E-state index in [4.69, 9.17) is 0 Å². The molecule has 2 rings (SSSR count). The molecule has 2 fully saturated rings. The Hall–Kier alpha value is -0.160. The van der Waals surface area contributed by atoms with E-state index in [-0.39, 0.29) is 6.10 Å². The summed E-state index contributed by atoms with van der Waals surface area (Å²) in [6, 6.07) is 0. The lowest BCUT2D eigenvalue weighted by atomic mass is 9.94. The third-order valence-corrected chi connectivity index (χ3v) is 3.22. The number of β-amino-alcohol motifs (C(OH)–C–C–N with tert-alkyl or cyclic N) is 2. The lowest BCUT2D eigenvalue weighted by molar-refractivity contribution is -0.0123. The minimum Gasteiger partial charge on any atom is -0.392 e. The van der Waals surface area contributed by atoms with Crippen LogP contribution in [0.3, 0.4) is 0 Å². The smallest absolute Gasteiger partial charge is 0.0898 e. The first-order valence-corrected chi connectivity index (χ1v) is 5.51. The zero-order valence-electron chi connectivity index (χ0n) is 8.58. The lowest BCUT2D eigenvalue weighted by Crippen LogP contribution is -2.52. The summed E-state index contributed by atoms with van der Waals surface area (Å²) >= 11 is 0. The molecule has 2 unspecified atom stereocenters. The maximum absolute atomic E-state index is 10.2. The van der Waals surface area contributed by atoms with Crippen LogP contribution < -0.4 is 5.32 Å². The molecule has 0 aromatic heterocycles. The van der Waals surface area contributed by atoms with Crippen molar-refractivity contribution in [2.75, 3.05) is 32.7 Å². The molecule has 82 valence electrons. The van der Waals surface area contributed by atoms with Crippen molar-refractivity contribution in [2.24, 2.45) is 0 Å². The second kappa shape index (κ2) is 4.14. The molecule has 0 aromatic carbocycles. The summed E-state index contributed by atoms with van der Waals surface area (Å²) in [5, 5.41) is 22.8. The van der Waals surface area contributed by atoms with Crippen molar-refractivity contribution in [3.8, 4) is 0 Å². The van der Waals surface area contributed by atoms with Crippen LogP contribution in [0.15, 0.2) is 0 Å². The molecule has 2 aliphatic heterocycles. The number of aliphatic hydroxyl groups excluding tert-OH is 1. The molecule has 2 atom stereocenters. The Balaban J connectivity index is 1.83. The van der Waals surface area contributed by atoms with Gasteiger partial charge in [0.25, 0.3) is 0 Å². The highest BCUT2D eigenvalue weighted by atomic mass is 16.3. The van der Waals surface area contributed by atoms with Gasteiger partial charge in [-0.2, -0.15) is 0 Å². The lowest BCUT2D eigenvalue weighted by Gasteiger charge is -2.35. The summed E-state index contributed by atoms with van der Waals surface area (Å²) in [5.41, 5.74) is -0.567. The molecule has 2 aliphatic rings. The summed E-state index contributed by atoms with van der Waals surface area (Å²) in [5.74, 6) is 0. The summed E-state index contributed by atoms with van der Waals surface area (Å²) in [6.07, 6.45) is 2.60. The first-order chi connectivity index (χ1) is 6.68. The van der Waals surface area contributed by atoms with Crippen LogP contribution in [-0.4, -0.2) is 59.5 Å². The Morgan fingerprint density at radius 2 is 2.36 bits per heavy atom. The third-order valence-electron chi connectivity index (χ3n) is 3.22. The fraction of sp³-hybridized carbons (Fsp3) is 1.00. The number of likely N-dealkylation sites (tertiary alicyclic amines) is 1. The number of aliphatic hydroxyl groups is 2. The highest BCUT2D eigenvalue weighted by Crippen LogP contribution is 2.20. The van der Waals surface area contributed by atoms with E-state index in [9.17, 15) is 10.2 Å². The van der Waals surface area contributed by atoms with E-state index in [1.54, 1.807) is 0 Å². The largest absolute Gasteiger partial charge is 0.392 e. The molecule has 14 heavy (non-hydrogen) atoms. The normalized spacial score (nSPS) is 40.3. The zero-order valence-corrected chi connectivity index (χ0v) is 8.58. The van der Waals surface area contributed by atoms with E-state index in [0.717, 1.165) is 38.9 Å². The van der Waals surface area contributed by atoms with Crippen LogP contribution in [0.4, 0.5) is 0 Å². The van der Waals surface area contributed by atoms with Gasteiger partial charge in [0.2, 0.25) is 0 Å². The second-order valence-corrected chi connectivity index (χ2v) is 4.68. The van der Waals surface area contributed by atoms with Crippen LogP contribution in [0.1, 0.15) is 19.3 Å². The molecule has 4 heteroatoms. The van der Waals surface area contributed by atoms with Gasteiger partial charge in [0, 0.05) is 26.2 Å². The highest BCUT2D eigenvalue weighted by Gasteiger charge is 2.33.